The van der Waals surface area contributed by atoms with Gasteiger partial charge in [0.05, 0.1) is 5.75 Å². The van der Waals surface area contributed by atoms with E-state index in [-0.39, 0.29) is 11.7 Å². The normalized spacial score (nSPS) is 11.7. The molecule has 0 radical (unpaired) electrons. The van der Waals surface area contributed by atoms with E-state index in [1.807, 2.05) is 27.7 Å². The first-order valence-electron chi connectivity index (χ1n) is 6.59. The monoisotopic (exact) mass is 325 g/mol. The highest BCUT2D eigenvalue weighted by Gasteiger charge is 2.18. The molecule has 0 amide bonds. The molecule has 0 aliphatic heterocycles. The van der Waals surface area contributed by atoms with Crippen molar-refractivity contribution < 1.29 is 9.53 Å². The number of aryl methyl sites for hydroxylation is 1. The Bertz CT molecular complexity index is 662. The highest BCUT2D eigenvalue weighted by molar-refractivity contribution is 8.00. The lowest BCUT2D eigenvalue weighted by molar-refractivity contribution is -0.151. The number of rotatable bonds is 4. The molecule has 0 saturated carbocycles. The van der Waals surface area contributed by atoms with Crippen LogP contribution >= 0.6 is 23.1 Å². The predicted octanol–water partition coefficient (Wildman–Crippen LogP) is 3.48. The summed E-state index contributed by atoms with van der Waals surface area (Å²) in [5.74, 6) is 0.565. The van der Waals surface area contributed by atoms with E-state index in [0.717, 1.165) is 15.2 Å². The Morgan fingerprint density at radius 2 is 2.14 bits per heavy atom. The zero-order valence-corrected chi connectivity index (χ0v) is 14.4. The lowest BCUT2D eigenvalue weighted by atomic mass is 10.2. The van der Waals surface area contributed by atoms with Gasteiger partial charge in [0.25, 0.3) is 0 Å². The maximum atomic E-state index is 11.8. The molecule has 2 aromatic heterocycles. The summed E-state index contributed by atoms with van der Waals surface area (Å²) in [4.78, 5) is 22.8. The number of fused-ring (bicyclic) bond motifs is 1. The molecular weight excluding hydrogens is 306 g/mol. The van der Waals surface area contributed by atoms with Gasteiger partial charge in [-0.3, -0.25) is 4.79 Å². The van der Waals surface area contributed by atoms with E-state index in [1.54, 1.807) is 18.4 Å². The fourth-order valence-corrected chi connectivity index (χ4v) is 3.46. The van der Waals surface area contributed by atoms with Crippen LogP contribution < -0.4 is 5.32 Å². The van der Waals surface area contributed by atoms with Gasteiger partial charge in [0, 0.05) is 17.3 Å². The van der Waals surface area contributed by atoms with Gasteiger partial charge < -0.3 is 10.1 Å². The van der Waals surface area contributed by atoms with Crippen molar-refractivity contribution in [3.05, 3.63) is 10.9 Å². The summed E-state index contributed by atoms with van der Waals surface area (Å²) in [6.45, 7) is 7.62. The highest BCUT2D eigenvalue weighted by Crippen LogP contribution is 2.32. The Morgan fingerprint density at radius 3 is 2.76 bits per heavy atom. The van der Waals surface area contributed by atoms with E-state index in [0.29, 0.717) is 5.95 Å². The summed E-state index contributed by atoms with van der Waals surface area (Å²) in [5.41, 5.74) is -0.465. The number of anilines is 1. The van der Waals surface area contributed by atoms with E-state index in [1.165, 1.54) is 16.6 Å². The average Bonchev–Trinajstić information content (AvgIpc) is 2.73. The standard InChI is InChI=1S/C14H19N3O2S2/c1-8-6-9-11(16-13(15-5)17-12(9)21-8)20-7-10(18)19-14(2,3)4/h6H,7H2,1-5H3,(H,15,16,17). The van der Waals surface area contributed by atoms with Crippen molar-refractivity contribution in [2.75, 3.05) is 18.1 Å². The largest absolute Gasteiger partial charge is 0.459 e. The second-order valence-corrected chi connectivity index (χ2v) is 7.75. The predicted molar refractivity (Wildman–Crippen MR) is 88.3 cm³/mol. The summed E-state index contributed by atoms with van der Waals surface area (Å²) < 4.78 is 5.32. The van der Waals surface area contributed by atoms with Gasteiger partial charge >= 0.3 is 5.97 Å². The van der Waals surface area contributed by atoms with Crippen LogP contribution in [0.3, 0.4) is 0 Å². The smallest absolute Gasteiger partial charge is 0.316 e. The molecule has 2 aromatic rings. The topological polar surface area (TPSA) is 64.1 Å². The Labute approximate surface area is 132 Å². The molecule has 2 rings (SSSR count). The Hall–Kier alpha value is -1.34. The number of esters is 1. The second-order valence-electron chi connectivity index (χ2n) is 5.55. The van der Waals surface area contributed by atoms with E-state index in [2.05, 4.69) is 21.4 Å². The first-order chi connectivity index (χ1) is 9.78. The molecule has 0 spiro atoms. The Balaban J connectivity index is 2.19. The van der Waals surface area contributed by atoms with E-state index in [9.17, 15) is 4.79 Å². The number of hydrogen-bond acceptors (Lipinski definition) is 7. The Morgan fingerprint density at radius 1 is 1.43 bits per heavy atom. The van der Waals surface area contributed by atoms with Crippen LogP contribution in [0.15, 0.2) is 11.1 Å². The zero-order chi connectivity index (χ0) is 15.6. The number of carbonyl (C=O) groups excluding carboxylic acids is 1. The van der Waals surface area contributed by atoms with Crippen LogP contribution in [0.1, 0.15) is 25.6 Å². The van der Waals surface area contributed by atoms with Crippen LogP contribution in [-0.4, -0.2) is 34.3 Å². The van der Waals surface area contributed by atoms with E-state index < -0.39 is 5.60 Å². The molecule has 0 unspecified atom stereocenters. The summed E-state index contributed by atoms with van der Waals surface area (Å²) in [6, 6.07) is 2.05. The minimum atomic E-state index is -0.465. The van der Waals surface area contributed by atoms with Crippen LogP contribution in [0.2, 0.25) is 0 Å². The summed E-state index contributed by atoms with van der Waals surface area (Å²) in [7, 11) is 1.78. The van der Waals surface area contributed by atoms with Crippen LogP contribution in [-0.2, 0) is 9.53 Å². The number of aromatic nitrogens is 2. The molecule has 0 saturated heterocycles. The average molecular weight is 325 g/mol. The van der Waals surface area contributed by atoms with Gasteiger partial charge in [-0.2, -0.15) is 0 Å². The number of thioether (sulfide) groups is 1. The molecule has 0 bridgehead atoms. The third-order valence-electron chi connectivity index (χ3n) is 2.45. The minimum absolute atomic E-state index is 0.238. The number of nitrogens with zero attached hydrogens (tertiary/aromatic N) is 2. The molecule has 0 aromatic carbocycles. The van der Waals surface area contributed by atoms with Crippen LogP contribution in [0.25, 0.3) is 10.2 Å². The first-order valence-corrected chi connectivity index (χ1v) is 8.39. The van der Waals surface area contributed by atoms with Gasteiger partial charge in [-0.1, -0.05) is 11.8 Å². The molecule has 1 N–H and O–H groups in total. The highest BCUT2D eigenvalue weighted by atomic mass is 32.2. The number of ether oxygens (including phenoxy) is 1. The van der Waals surface area contributed by atoms with Gasteiger partial charge in [-0.15, -0.1) is 11.3 Å². The van der Waals surface area contributed by atoms with Crippen molar-refractivity contribution in [1.29, 1.82) is 0 Å². The maximum Gasteiger partial charge on any atom is 0.316 e. The van der Waals surface area contributed by atoms with Gasteiger partial charge in [0.15, 0.2) is 0 Å². The third kappa shape index (κ3) is 4.31. The minimum Gasteiger partial charge on any atom is -0.459 e. The van der Waals surface area contributed by atoms with Crippen molar-refractivity contribution in [3.8, 4) is 0 Å². The van der Waals surface area contributed by atoms with Gasteiger partial charge in [-0.05, 0) is 33.8 Å². The molecule has 114 valence electrons. The lowest BCUT2D eigenvalue weighted by Crippen LogP contribution is -2.24. The molecule has 21 heavy (non-hydrogen) atoms. The molecule has 0 aliphatic carbocycles. The number of hydrogen-bond donors (Lipinski definition) is 1. The van der Waals surface area contributed by atoms with Crippen molar-refractivity contribution in [3.63, 3.8) is 0 Å². The maximum absolute atomic E-state index is 11.8. The molecule has 0 fully saturated rings. The molecule has 7 heteroatoms. The SMILES string of the molecule is CNc1nc(SCC(=O)OC(C)(C)C)c2cc(C)sc2n1. The van der Waals surface area contributed by atoms with Crippen LogP contribution in [0.4, 0.5) is 5.95 Å². The van der Waals surface area contributed by atoms with Gasteiger partial charge in [-0.25, -0.2) is 9.97 Å². The summed E-state index contributed by atoms with van der Waals surface area (Å²) in [6.07, 6.45) is 0. The fourth-order valence-electron chi connectivity index (χ4n) is 1.74. The lowest BCUT2D eigenvalue weighted by Gasteiger charge is -2.19. The van der Waals surface area contributed by atoms with Crippen LogP contribution in [0.5, 0.6) is 0 Å². The van der Waals surface area contributed by atoms with Crippen molar-refractivity contribution in [2.24, 2.45) is 0 Å². The third-order valence-corrected chi connectivity index (χ3v) is 4.36. The Kier molecular flexibility index (Phi) is 4.73. The molecule has 0 aliphatic rings. The summed E-state index contributed by atoms with van der Waals surface area (Å²) >= 11 is 3.00. The number of carbonyl (C=O) groups is 1. The van der Waals surface area contributed by atoms with E-state index in [4.69, 9.17) is 4.74 Å². The number of nitrogens with one attached hydrogen (secondary N) is 1. The quantitative estimate of drug-likeness (QED) is 0.527. The van der Waals surface area contributed by atoms with Gasteiger partial charge in [0.1, 0.15) is 15.5 Å². The fraction of sp³-hybridized carbons (Fsp3) is 0.500. The molecular formula is C14H19N3O2S2. The van der Waals surface area contributed by atoms with Gasteiger partial charge in [0.2, 0.25) is 5.95 Å². The van der Waals surface area contributed by atoms with Crippen LogP contribution in [0, 0.1) is 6.92 Å². The van der Waals surface area contributed by atoms with E-state index >= 15 is 0 Å². The van der Waals surface area contributed by atoms with Crippen molar-refractivity contribution >= 4 is 45.2 Å². The zero-order valence-electron chi connectivity index (χ0n) is 12.8. The van der Waals surface area contributed by atoms with Crippen molar-refractivity contribution in [2.45, 2.75) is 38.3 Å². The summed E-state index contributed by atoms with van der Waals surface area (Å²) in [5, 5.41) is 4.75. The molecule has 5 nitrogen and oxygen atoms in total. The second kappa shape index (κ2) is 6.19. The molecule has 0 atom stereocenters. The van der Waals surface area contributed by atoms with Crippen molar-refractivity contribution in [1.82, 2.24) is 9.97 Å². The first kappa shape index (κ1) is 16.0. The molecule has 2 heterocycles. The number of thiophene rings is 1.